The molecule has 0 atom stereocenters. The molecule has 2 heteroatoms. The zero-order valence-corrected chi connectivity index (χ0v) is 6.38. The highest BCUT2D eigenvalue weighted by Crippen LogP contribution is 2.04. The van der Waals surface area contributed by atoms with Gasteiger partial charge in [0, 0.05) is 0 Å². The summed E-state index contributed by atoms with van der Waals surface area (Å²) in [5, 5.41) is 0. The van der Waals surface area contributed by atoms with E-state index >= 15 is 0 Å². The molecule has 10 heavy (non-hydrogen) atoms. The van der Waals surface area contributed by atoms with Gasteiger partial charge in [0.2, 0.25) is 0 Å². The Bertz CT molecular complexity index is 91.4. The zero-order valence-electron chi connectivity index (χ0n) is 6.38. The summed E-state index contributed by atoms with van der Waals surface area (Å²) in [6.07, 6.45) is 5.40. The number of rotatable bonds is 6. The zero-order chi connectivity index (χ0) is 7.82. The number of carbonyl (C=O) groups is 2. The second-order valence-electron chi connectivity index (χ2n) is 2.43. The summed E-state index contributed by atoms with van der Waals surface area (Å²) >= 11 is 0. The quantitative estimate of drug-likeness (QED) is 0.320. The minimum absolute atomic E-state index is 0.355. The van der Waals surface area contributed by atoms with Gasteiger partial charge in [0.1, 0.15) is 12.6 Å². The van der Waals surface area contributed by atoms with Gasteiger partial charge in [-0.15, -0.1) is 0 Å². The fraction of sp³-hybridized carbons (Fsp3) is 0.750. The van der Waals surface area contributed by atoms with Gasteiger partial charge < -0.3 is 9.59 Å². The van der Waals surface area contributed by atoms with Gasteiger partial charge in [-0.1, -0.05) is 26.2 Å². The number of hydrogen-bond donors (Lipinski definition) is 0. The van der Waals surface area contributed by atoms with Crippen molar-refractivity contribution in [2.75, 3.05) is 0 Å². The summed E-state index contributed by atoms with van der Waals surface area (Å²) in [5.41, 5.74) is 0. The molecule has 0 aromatic carbocycles. The second kappa shape index (κ2) is 6.46. The lowest BCUT2D eigenvalue weighted by atomic mass is 10.0. The first-order chi connectivity index (χ1) is 4.85. The fourth-order valence-corrected chi connectivity index (χ4v) is 0.798. The first kappa shape index (κ1) is 9.34. The van der Waals surface area contributed by atoms with E-state index in [1.807, 2.05) is 0 Å². The van der Waals surface area contributed by atoms with Crippen LogP contribution in [0.2, 0.25) is 0 Å². The maximum absolute atomic E-state index is 10.1. The van der Waals surface area contributed by atoms with Gasteiger partial charge in [-0.25, -0.2) is 0 Å². The summed E-state index contributed by atoms with van der Waals surface area (Å²) in [6, 6.07) is 0. The fourth-order valence-electron chi connectivity index (χ4n) is 0.798. The Hall–Kier alpha value is -0.660. The molecule has 0 aliphatic rings. The van der Waals surface area contributed by atoms with Gasteiger partial charge in [-0.2, -0.15) is 0 Å². The summed E-state index contributed by atoms with van der Waals surface area (Å²) in [6.45, 7) is 2.09. The van der Waals surface area contributed by atoms with Crippen molar-refractivity contribution in [1.82, 2.24) is 0 Å². The molecule has 0 saturated carbocycles. The minimum Gasteiger partial charge on any atom is -0.303 e. The minimum atomic E-state index is -0.355. The average molecular weight is 142 g/mol. The Labute approximate surface area is 61.6 Å². The third-order valence-electron chi connectivity index (χ3n) is 1.49. The topological polar surface area (TPSA) is 34.1 Å². The van der Waals surface area contributed by atoms with Crippen molar-refractivity contribution in [2.45, 2.75) is 32.6 Å². The summed E-state index contributed by atoms with van der Waals surface area (Å²) in [4.78, 5) is 20.2. The van der Waals surface area contributed by atoms with E-state index in [2.05, 4.69) is 6.92 Å². The highest BCUT2D eigenvalue weighted by molar-refractivity contribution is 5.77. The molecular weight excluding hydrogens is 128 g/mol. The van der Waals surface area contributed by atoms with E-state index in [1.165, 1.54) is 0 Å². The molecule has 0 saturated heterocycles. The summed E-state index contributed by atoms with van der Waals surface area (Å²) in [5.74, 6) is -0.355. The molecule has 0 aliphatic heterocycles. The molecule has 2 nitrogen and oxygen atoms in total. The van der Waals surface area contributed by atoms with E-state index in [0.29, 0.717) is 0 Å². The van der Waals surface area contributed by atoms with E-state index in [1.54, 1.807) is 0 Å². The average Bonchev–Trinajstić information content (AvgIpc) is 1.99. The molecule has 0 bridgehead atoms. The third-order valence-corrected chi connectivity index (χ3v) is 1.49. The molecule has 0 N–H and O–H groups in total. The molecule has 0 unspecified atom stereocenters. The van der Waals surface area contributed by atoms with Crippen LogP contribution in [0.1, 0.15) is 32.6 Å². The molecule has 0 aromatic rings. The Kier molecular flexibility index (Phi) is 6.03. The van der Waals surface area contributed by atoms with Gasteiger partial charge >= 0.3 is 0 Å². The number of aldehydes is 2. The van der Waals surface area contributed by atoms with Crippen molar-refractivity contribution in [1.29, 1.82) is 0 Å². The van der Waals surface area contributed by atoms with Crippen LogP contribution in [0.15, 0.2) is 0 Å². The van der Waals surface area contributed by atoms with Crippen LogP contribution in [0.25, 0.3) is 0 Å². The highest BCUT2D eigenvalue weighted by Gasteiger charge is 2.02. The normalized spacial score (nSPS) is 9.80. The Morgan fingerprint density at radius 1 is 1.20 bits per heavy atom. The van der Waals surface area contributed by atoms with E-state index in [4.69, 9.17) is 0 Å². The SMILES string of the molecule is CCCCCC(C=O)C=O. The molecule has 0 aromatic heterocycles. The van der Waals surface area contributed by atoms with Crippen LogP contribution in [-0.2, 0) is 9.59 Å². The molecule has 0 fully saturated rings. The molecule has 0 aliphatic carbocycles. The van der Waals surface area contributed by atoms with Crippen LogP contribution >= 0.6 is 0 Å². The van der Waals surface area contributed by atoms with E-state index < -0.39 is 0 Å². The van der Waals surface area contributed by atoms with Crippen molar-refractivity contribution in [3.8, 4) is 0 Å². The van der Waals surface area contributed by atoms with E-state index in [0.717, 1.165) is 38.3 Å². The summed E-state index contributed by atoms with van der Waals surface area (Å²) in [7, 11) is 0. The molecular formula is C8H14O2. The molecule has 58 valence electrons. The molecule has 0 amide bonds. The monoisotopic (exact) mass is 142 g/mol. The first-order valence-electron chi connectivity index (χ1n) is 3.75. The molecule has 0 spiro atoms. The predicted molar refractivity (Wildman–Crippen MR) is 39.8 cm³/mol. The Morgan fingerprint density at radius 2 is 1.80 bits per heavy atom. The number of hydrogen-bond acceptors (Lipinski definition) is 2. The lowest BCUT2D eigenvalue weighted by Gasteiger charge is -1.98. The molecule has 0 heterocycles. The maximum Gasteiger partial charge on any atom is 0.130 e. The lowest BCUT2D eigenvalue weighted by Crippen LogP contribution is -2.02. The molecule has 0 rings (SSSR count). The van der Waals surface area contributed by atoms with Crippen LogP contribution < -0.4 is 0 Å². The van der Waals surface area contributed by atoms with Crippen molar-refractivity contribution < 1.29 is 9.59 Å². The van der Waals surface area contributed by atoms with Crippen LogP contribution in [0.3, 0.4) is 0 Å². The highest BCUT2D eigenvalue weighted by atomic mass is 16.1. The Morgan fingerprint density at radius 3 is 2.20 bits per heavy atom. The van der Waals surface area contributed by atoms with Crippen molar-refractivity contribution in [2.24, 2.45) is 5.92 Å². The van der Waals surface area contributed by atoms with Crippen LogP contribution in [0, 0.1) is 5.92 Å². The number of unbranched alkanes of at least 4 members (excludes halogenated alkanes) is 2. The van der Waals surface area contributed by atoms with Gasteiger partial charge in [-0.3, -0.25) is 0 Å². The van der Waals surface area contributed by atoms with E-state index in [9.17, 15) is 9.59 Å². The Balaban J connectivity index is 3.25. The molecule has 0 radical (unpaired) electrons. The largest absolute Gasteiger partial charge is 0.303 e. The second-order valence-corrected chi connectivity index (χ2v) is 2.43. The van der Waals surface area contributed by atoms with Crippen molar-refractivity contribution >= 4 is 12.6 Å². The van der Waals surface area contributed by atoms with Crippen molar-refractivity contribution in [3.05, 3.63) is 0 Å². The first-order valence-corrected chi connectivity index (χ1v) is 3.75. The van der Waals surface area contributed by atoms with Gasteiger partial charge in [0.15, 0.2) is 0 Å². The summed E-state index contributed by atoms with van der Waals surface area (Å²) < 4.78 is 0. The number of carbonyl (C=O) groups excluding carboxylic acids is 2. The predicted octanol–water partition coefficient (Wildman–Crippen LogP) is 1.58. The van der Waals surface area contributed by atoms with Crippen LogP contribution in [0.5, 0.6) is 0 Å². The van der Waals surface area contributed by atoms with Crippen LogP contribution in [-0.4, -0.2) is 12.6 Å². The van der Waals surface area contributed by atoms with Gasteiger partial charge in [0.25, 0.3) is 0 Å². The van der Waals surface area contributed by atoms with Crippen molar-refractivity contribution in [3.63, 3.8) is 0 Å². The van der Waals surface area contributed by atoms with Crippen LogP contribution in [0.4, 0.5) is 0 Å². The van der Waals surface area contributed by atoms with E-state index in [-0.39, 0.29) is 5.92 Å². The van der Waals surface area contributed by atoms with Gasteiger partial charge in [0.05, 0.1) is 5.92 Å². The maximum atomic E-state index is 10.1. The standard InChI is InChI=1S/C8H14O2/c1-2-3-4-5-8(6-9)7-10/h6-8H,2-5H2,1H3. The third kappa shape index (κ3) is 4.24. The van der Waals surface area contributed by atoms with Gasteiger partial charge in [-0.05, 0) is 6.42 Å². The smallest absolute Gasteiger partial charge is 0.130 e. The lowest BCUT2D eigenvalue weighted by molar-refractivity contribution is -0.119.